The number of rotatable bonds is 8. The van der Waals surface area contributed by atoms with Crippen molar-refractivity contribution in [3.8, 4) is 0 Å². The molecule has 2 rings (SSSR count). The second-order valence-electron chi connectivity index (χ2n) is 7.67. The van der Waals surface area contributed by atoms with Gasteiger partial charge in [0.1, 0.15) is 0 Å². The zero-order valence-electron chi connectivity index (χ0n) is 17.7. The van der Waals surface area contributed by atoms with E-state index in [-0.39, 0.29) is 29.0 Å². The molecule has 0 aromatic heterocycles. The first-order valence-electron chi connectivity index (χ1n) is 10.3. The van der Waals surface area contributed by atoms with Gasteiger partial charge in [-0.3, -0.25) is 4.79 Å². The van der Waals surface area contributed by atoms with Crippen LogP contribution in [-0.2, 0) is 19.6 Å². The average molecular weight is 425 g/mol. The Labute approximate surface area is 173 Å². The number of ether oxygens (including phenoxy) is 1. The molecule has 0 saturated heterocycles. The maximum atomic E-state index is 12.7. The second-order valence-corrected chi connectivity index (χ2v) is 9.60. The van der Waals surface area contributed by atoms with Crippen LogP contribution in [0.1, 0.15) is 62.4 Å². The fourth-order valence-electron chi connectivity index (χ4n) is 3.58. The number of sulfonamides is 1. The van der Waals surface area contributed by atoms with Gasteiger partial charge in [-0.25, -0.2) is 13.2 Å². The summed E-state index contributed by atoms with van der Waals surface area (Å²) in [7, 11) is -3.68. The molecular weight excluding hydrogens is 392 g/mol. The van der Waals surface area contributed by atoms with E-state index in [1.165, 1.54) is 16.4 Å². The third kappa shape index (κ3) is 6.02. The van der Waals surface area contributed by atoms with Crippen LogP contribution in [-0.4, -0.2) is 50.3 Å². The van der Waals surface area contributed by atoms with Gasteiger partial charge in [-0.05, 0) is 56.2 Å². The number of carbonyl (C=O) groups excluding carboxylic acids is 2. The number of amides is 1. The molecule has 0 unspecified atom stereocenters. The highest BCUT2D eigenvalue weighted by Gasteiger charge is 2.24. The van der Waals surface area contributed by atoms with E-state index in [0.717, 1.165) is 25.7 Å². The van der Waals surface area contributed by atoms with Crippen molar-refractivity contribution in [2.24, 2.45) is 5.92 Å². The summed E-state index contributed by atoms with van der Waals surface area (Å²) in [6.45, 7) is 7.73. The van der Waals surface area contributed by atoms with Gasteiger partial charge in [0.05, 0.1) is 10.5 Å². The van der Waals surface area contributed by atoms with Gasteiger partial charge in [0.15, 0.2) is 6.61 Å². The summed E-state index contributed by atoms with van der Waals surface area (Å²) >= 11 is 0. The minimum Gasteiger partial charge on any atom is -0.452 e. The molecule has 29 heavy (non-hydrogen) atoms. The molecule has 0 spiro atoms. The van der Waals surface area contributed by atoms with Crippen molar-refractivity contribution in [3.63, 3.8) is 0 Å². The summed E-state index contributed by atoms with van der Waals surface area (Å²) in [4.78, 5) is 24.6. The number of nitrogens with zero attached hydrogens (tertiary/aromatic N) is 1. The first kappa shape index (κ1) is 23.3. The molecule has 0 atom stereocenters. The van der Waals surface area contributed by atoms with Crippen molar-refractivity contribution in [1.82, 2.24) is 9.62 Å². The number of benzene rings is 1. The second kappa shape index (κ2) is 10.2. The summed E-state index contributed by atoms with van der Waals surface area (Å²) in [5.41, 5.74) is 0.743. The van der Waals surface area contributed by atoms with Gasteiger partial charge in [-0.1, -0.05) is 26.8 Å². The zero-order valence-corrected chi connectivity index (χ0v) is 18.5. The van der Waals surface area contributed by atoms with Crippen LogP contribution < -0.4 is 5.32 Å². The van der Waals surface area contributed by atoms with Gasteiger partial charge in [-0.2, -0.15) is 4.31 Å². The fourth-order valence-corrected chi connectivity index (χ4v) is 5.06. The first-order chi connectivity index (χ1) is 13.7. The smallest absolute Gasteiger partial charge is 0.338 e. The lowest BCUT2D eigenvalue weighted by atomic mass is 9.87. The van der Waals surface area contributed by atoms with Gasteiger partial charge in [0, 0.05) is 19.1 Å². The van der Waals surface area contributed by atoms with E-state index in [4.69, 9.17) is 4.74 Å². The Bertz CT molecular complexity index is 825. The predicted octanol–water partition coefficient (Wildman–Crippen LogP) is 2.88. The third-order valence-electron chi connectivity index (χ3n) is 5.49. The minimum atomic E-state index is -3.68. The summed E-state index contributed by atoms with van der Waals surface area (Å²) in [6.07, 6.45) is 4.03. The van der Waals surface area contributed by atoms with Gasteiger partial charge in [0.25, 0.3) is 5.91 Å². The third-order valence-corrected chi connectivity index (χ3v) is 7.53. The normalized spacial score (nSPS) is 19.8. The molecule has 0 aliphatic heterocycles. The zero-order chi connectivity index (χ0) is 21.6. The van der Waals surface area contributed by atoms with E-state index in [1.54, 1.807) is 26.8 Å². The van der Waals surface area contributed by atoms with Crippen LogP contribution in [0.4, 0.5) is 0 Å². The first-order valence-corrected chi connectivity index (χ1v) is 11.7. The maximum Gasteiger partial charge on any atom is 0.338 e. The molecule has 1 aromatic rings. The van der Waals surface area contributed by atoms with Crippen LogP contribution in [0, 0.1) is 12.8 Å². The highest BCUT2D eigenvalue weighted by molar-refractivity contribution is 7.89. The maximum absolute atomic E-state index is 12.7. The molecule has 0 radical (unpaired) electrons. The number of esters is 1. The molecule has 1 amide bonds. The Kier molecular flexibility index (Phi) is 8.22. The van der Waals surface area contributed by atoms with E-state index < -0.39 is 16.0 Å². The SMILES string of the molecule is CCN(CC)S(=O)(=O)c1ccc(C)c(C(=O)OCC(=O)NC2CCC(C)CC2)c1. The lowest BCUT2D eigenvalue weighted by Crippen LogP contribution is -2.39. The summed E-state index contributed by atoms with van der Waals surface area (Å²) in [5.74, 6) is -0.349. The van der Waals surface area contributed by atoms with E-state index in [1.807, 2.05) is 0 Å². The largest absolute Gasteiger partial charge is 0.452 e. The summed E-state index contributed by atoms with van der Waals surface area (Å²) in [5, 5.41) is 2.91. The predicted molar refractivity (Wildman–Crippen MR) is 111 cm³/mol. The van der Waals surface area contributed by atoms with Crippen molar-refractivity contribution in [1.29, 1.82) is 0 Å². The van der Waals surface area contributed by atoms with Gasteiger partial charge >= 0.3 is 5.97 Å². The summed E-state index contributed by atoms with van der Waals surface area (Å²) < 4.78 is 31.9. The fraction of sp³-hybridized carbons (Fsp3) is 0.619. The van der Waals surface area contributed by atoms with Crippen LogP contribution >= 0.6 is 0 Å². The van der Waals surface area contributed by atoms with Crippen molar-refractivity contribution in [3.05, 3.63) is 29.3 Å². The Hall–Kier alpha value is -1.93. The van der Waals surface area contributed by atoms with Crippen molar-refractivity contribution in [2.45, 2.75) is 64.3 Å². The minimum absolute atomic E-state index is 0.0412. The number of carbonyl (C=O) groups is 2. The highest BCUT2D eigenvalue weighted by Crippen LogP contribution is 2.23. The van der Waals surface area contributed by atoms with Crippen molar-refractivity contribution < 1.29 is 22.7 Å². The van der Waals surface area contributed by atoms with Crippen LogP contribution in [0.25, 0.3) is 0 Å². The molecule has 162 valence electrons. The van der Waals surface area contributed by atoms with Crippen LogP contribution in [0.3, 0.4) is 0 Å². The number of hydrogen-bond donors (Lipinski definition) is 1. The van der Waals surface area contributed by atoms with Gasteiger partial charge < -0.3 is 10.1 Å². The molecule has 0 bridgehead atoms. The summed E-state index contributed by atoms with van der Waals surface area (Å²) in [6, 6.07) is 4.51. The van der Waals surface area contributed by atoms with E-state index in [2.05, 4.69) is 12.2 Å². The molecule has 1 aliphatic carbocycles. The van der Waals surface area contributed by atoms with Crippen LogP contribution in [0.2, 0.25) is 0 Å². The topological polar surface area (TPSA) is 92.8 Å². The molecule has 1 saturated carbocycles. The van der Waals surface area contributed by atoms with E-state index >= 15 is 0 Å². The van der Waals surface area contributed by atoms with Crippen LogP contribution in [0.15, 0.2) is 23.1 Å². The Morgan fingerprint density at radius 2 is 1.76 bits per heavy atom. The lowest BCUT2D eigenvalue weighted by molar-refractivity contribution is -0.125. The highest BCUT2D eigenvalue weighted by atomic mass is 32.2. The Morgan fingerprint density at radius 1 is 1.14 bits per heavy atom. The van der Waals surface area contributed by atoms with E-state index in [9.17, 15) is 18.0 Å². The number of hydrogen-bond acceptors (Lipinski definition) is 5. The molecule has 0 heterocycles. The monoisotopic (exact) mass is 424 g/mol. The quantitative estimate of drug-likeness (QED) is 0.648. The van der Waals surface area contributed by atoms with Gasteiger partial charge in [0.2, 0.25) is 10.0 Å². The molecule has 1 N–H and O–H groups in total. The standard InChI is InChI=1S/C21H32N2O5S/c1-5-23(6-2)29(26,27)18-12-9-16(4)19(13-18)21(25)28-14-20(24)22-17-10-7-15(3)8-11-17/h9,12-13,15,17H,5-8,10-11,14H2,1-4H3,(H,22,24). The Balaban J connectivity index is 2.02. The molecule has 1 aliphatic rings. The molecule has 1 aromatic carbocycles. The Morgan fingerprint density at radius 3 is 2.34 bits per heavy atom. The molecular formula is C21H32N2O5S. The molecule has 8 heteroatoms. The van der Waals surface area contributed by atoms with Crippen LogP contribution in [0.5, 0.6) is 0 Å². The number of aryl methyl sites for hydroxylation is 1. The molecule has 1 fully saturated rings. The van der Waals surface area contributed by atoms with Crippen molar-refractivity contribution in [2.75, 3.05) is 19.7 Å². The lowest BCUT2D eigenvalue weighted by Gasteiger charge is -2.26. The van der Waals surface area contributed by atoms with Gasteiger partial charge in [-0.15, -0.1) is 0 Å². The van der Waals surface area contributed by atoms with Crippen molar-refractivity contribution >= 4 is 21.9 Å². The number of nitrogens with one attached hydrogen (secondary N) is 1. The molecule has 7 nitrogen and oxygen atoms in total. The average Bonchev–Trinajstić information content (AvgIpc) is 2.69. The van der Waals surface area contributed by atoms with E-state index in [0.29, 0.717) is 24.6 Å².